The third-order valence-corrected chi connectivity index (χ3v) is 3.94. The predicted octanol–water partition coefficient (Wildman–Crippen LogP) is -0.156. The maximum Gasteiger partial charge on any atom is 1.00 e. The average molecular weight is 322 g/mol. The van der Waals surface area contributed by atoms with Crippen molar-refractivity contribution in [2.24, 2.45) is 0 Å². The molecule has 0 radical (unpaired) electrons. The Kier molecular flexibility index (Phi) is 9.40. The second kappa shape index (κ2) is 9.58. The fourth-order valence-corrected chi connectivity index (χ4v) is 2.49. The second-order valence-corrected chi connectivity index (χ2v) is 6.07. The Morgan fingerprint density at radius 3 is 2.33 bits per heavy atom. The van der Waals surface area contributed by atoms with Gasteiger partial charge in [0.05, 0.1) is 4.90 Å². The zero-order valence-corrected chi connectivity index (χ0v) is 15.3. The summed E-state index contributed by atoms with van der Waals surface area (Å²) in [6.07, 6.45) is 5.45. The van der Waals surface area contributed by atoms with Crippen molar-refractivity contribution in [1.29, 1.82) is 0 Å². The largest absolute Gasteiger partial charge is 1.00 e. The Labute approximate surface area is 147 Å². The first-order valence-electron chi connectivity index (χ1n) is 6.68. The van der Waals surface area contributed by atoms with E-state index >= 15 is 0 Å². The van der Waals surface area contributed by atoms with Crippen molar-refractivity contribution in [3.8, 4) is 5.75 Å². The minimum absolute atomic E-state index is 0. The molecule has 0 saturated heterocycles. The molecule has 0 saturated carbocycles. The molecule has 21 heavy (non-hydrogen) atoms. The third-order valence-electron chi connectivity index (χ3n) is 3.06. The van der Waals surface area contributed by atoms with E-state index in [0.29, 0.717) is 6.42 Å². The van der Waals surface area contributed by atoms with E-state index in [9.17, 15) is 22.9 Å². The van der Waals surface area contributed by atoms with Crippen LogP contribution in [0.1, 0.15) is 55.8 Å². The summed E-state index contributed by atoms with van der Waals surface area (Å²) in [6, 6.07) is 3.28. The molecule has 0 fully saturated rings. The molecule has 0 heterocycles. The van der Waals surface area contributed by atoms with Crippen LogP contribution in [-0.4, -0.2) is 23.9 Å². The van der Waals surface area contributed by atoms with Crippen molar-refractivity contribution >= 4 is 15.9 Å². The number of aromatic hydroxyl groups is 1. The predicted molar refractivity (Wildman–Crippen MR) is 73.8 cm³/mol. The summed E-state index contributed by atoms with van der Waals surface area (Å²) in [5, 5.41) is 9.49. The summed E-state index contributed by atoms with van der Waals surface area (Å²) >= 11 is 0. The molecule has 0 aromatic heterocycles. The summed E-state index contributed by atoms with van der Waals surface area (Å²) in [5.74, 6) is -0.830. The van der Waals surface area contributed by atoms with Crippen molar-refractivity contribution in [1.82, 2.24) is 0 Å². The Morgan fingerprint density at radius 2 is 1.81 bits per heavy atom. The standard InChI is InChI=1S/C14H20O5S.Na/c1-2-3-4-5-6-7-12(15)11-8-9-14(13(16)10-11)20(17,18)19;/h8-10,16H,2-7H2,1H3,(H,17,18,19);/q;+1/p-1. The maximum atomic E-state index is 11.9. The van der Waals surface area contributed by atoms with Gasteiger partial charge in [-0.05, 0) is 24.6 Å². The Hall–Kier alpha value is -0.400. The molecule has 0 unspecified atom stereocenters. The van der Waals surface area contributed by atoms with Crippen LogP contribution in [0.4, 0.5) is 0 Å². The second-order valence-electron chi connectivity index (χ2n) is 4.72. The first kappa shape index (κ1) is 20.6. The van der Waals surface area contributed by atoms with E-state index in [2.05, 4.69) is 6.92 Å². The minimum Gasteiger partial charge on any atom is -0.744 e. The molecular formula is C14H19NaO5S. The summed E-state index contributed by atoms with van der Waals surface area (Å²) in [6.45, 7) is 2.11. The smallest absolute Gasteiger partial charge is 0.744 e. The van der Waals surface area contributed by atoms with Crippen molar-refractivity contribution < 1.29 is 52.4 Å². The van der Waals surface area contributed by atoms with Crippen LogP contribution in [-0.2, 0) is 10.1 Å². The van der Waals surface area contributed by atoms with Crippen molar-refractivity contribution in [2.75, 3.05) is 0 Å². The van der Waals surface area contributed by atoms with E-state index in [-0.39, 0.29) is 40.9 Å². The number of phenolic OH excluding ortho intramolecular Hbond substituents is 1. The first-order chi connectivity index (χ1) is 9.36. The van der Waals surface area contributed by atoms with Gasteiger partial charge in [-0.2, -0.15) is 0 Å². The van der Waals surface area contributed by atoms with Crippen LogP contribution in [0.25, 0.3) is 0 Å². The maximum absolute atomic E-state index is 11.9. The van der Waals surface area contributed by atoms with E-state index < -0.39 is 20.8 Å². The molecule has 1 aromatic rings. The topological polar surface area (TPSA) is 94.5 Å². The summed E-state index contributed by atoms with van der Waals surface area (Å²) < 4.78 is 32.4. The van der Waals surface area contributed by atoms with E-state index in [1.165, 1.54) is 6.07 Å². The number of benzene rings is 1. The minimum atomic E-state index is -4.71. The summed E-state index contributed by atoms with van der Waals surface area (Å²) in [5.41, 5.74) is 0.227. The van der Waals surface area contributed by atoms with Gasteiger partial charge in [0.1, 0.15) is 15.9 Å². The molecule has 0 aliphatic rings. The summed E-state index contributed by atoms with van der Waals surface area (Å²) in [7, 11) is -4.71. The number of phenols is 1. The van der Waals surface area contributed by atoms with Gasteiger partial charge in [0.25, 0.3) is 0 Å². The van der Waals surface area contributed by atoms with Crippen LogP contribution in [0.2, 0.25) is 0 Å². The zero-order valence-electron chi connectivity index (χ0n) is 12.5. The van der Waals surface area contributed by atoms with E-state index in [4.69, 9.17) is 0 Å². The molecule has 5 nitrogen and oxygen atoms in total. The van der Waals surface area contributed by atoms with Gasteiger partial charge in [0.15, 0.2) is 5.78 Å². The number of carbonyl (C=O) groups is 1. The normalized spacial score (nSPS) is 11.0. The SMILES string of the molecule is CCCCCCCC(=O)c1ccc(S(=O)(=O)[O-])c(O)c1.[Na+]. The average Bonchev–Trinajstić information content (AvgIpc) is 2.36. The summed E-state index contributed by atoms with van der Waals surface area (Å²) in [4.78, 5) is 11.2. The monoisotopic (exact) mass is 322 g/mol. The van der Waals surface area contributed by atoms with Gasteiger partial charge in [-0.1, -0.05) is 32.6 Å². The zero-order chi connectivity index (χ0) is 15.2. The van der Waals surface area contributed by atoms with Gasteiger partial charge in [-0.25, -0.2) is 8.42 Å². The molecule has 1 aromatic carbocycles. The molecule has 0 aliphatic carbocycles. The molecule has 0 aliphatic heterocycles. The Morgan fingerprint density at radius 1 is 1.19 bits per heavy atom. The Balaban J connectivity index is 0.00000400. The Bertz CT molecular complexity index is 569. The molecule has 1 rings (SSSR count). The van der Waals surface area contributed by atoms with Gasteiger partial charge in [-0.15, -0.1) is 0 Å². The van der Waals surface area contributed by atoms with Gasteiger partial charge >= 0.3 is 29.6 Å². The van der Waals surface area contributed by atoms with Crippen molar-refractivity contribution in [2.45, 2.75) is 50.3 Å². The van der Waals surface area contributed by atoms with Crippen molar-refractivity contribution in [3.63, 3.8) is 0 Å². The molecule has 1 N–H and O–H groups in total. The van der Waals surface area contributed by atoms with E-state index in [1.807, 2.05) is 0 Å². The number of rotatable bonds is 8. The van der Waals surface area contributed by atoms with E-state index in [0.717, 1.165) is 44.2 Å². The molecule has 0 spiro atoms. The van der Waals surface area contributed by atoms with Gasteiger partial charge < -0.3 is 9.66 Å². The van der Waals surface area contributed by atoms with Gasteiger partial charge in [0.2, 0.25) is 0 Å². The molecular weight excluding hydrogens is 303 g/mol. The van der Waals surface area contributed by atoms with Crippen LogP contribution in [0, 0.1) is 0 Å². The van der Waals surface area contributed by atoms with Gasteiger partial charge in [-0.3, -0.25) is 4.79 Å². The molecule has 112 valence electrons. The quantitative estimate of drug-likeness (QED) is 0.311. The molecule has 7 heteroatoms. The van der Waals surface area contributed by atoms with Crippen LogP contribution < -0.4 is 29.6 Å². The molecule has 0 bridgehead atoms. The molecule has 0 amide bonds. The number of Topliss-reactive ketones (excluding diaryl/α,β-unsaturated/α-hetero) is 1. The number of unbranched alkanes of at least 4 members (excludes halogenated alkanes) is 4. The number of hydrogen-bond donors (Lipinski definition) is 1. The van der Waals surface area contributed by atoms with E-state index in [1.54, 1.807) is 0 Å². The fourth-order valence-electron chi connectivity index (χ4n) is 1.94. The number of carbonyl (C=O) groups excluding carboxylic acids is 1. The van der Waals surface area contributed by atoms with Crippen molar-refractivity contribution in [3.05, 3.63) is 23.8 Å². The van der Waals surface area contributed by atoms with Crippen LogP contribution in [0.3, 0.4) is 0 Å². The van der Waals surface area contributed by atoms with Gasteiger partial charge in [0, 0.05) is 12.0 Å². The third kappa shape index (κ3) is 6.93. The van der Waals surface area contributed by atoms with Crippen LogP contribution in [0.15, 0.2) is 23.1 Å². The number of hydrogen-bond acceptors (Lipinski definition) is 5. The number of ketones is 1. The fraction of sp³-hybridized carbons (Fsp3) is 0.500. The van der Waals surface area contributed by atoms with Crippen LogP contribution >= 0.6 is 0 Å². The molecule has 0 atom stereocenters. The first-order valence-corrected chi connectivity index (χ1v) is 8.09. The van der Waals surface area contributed by atoms with Crippen LogP contribution in [0.5, 0.6) is 5.75 Å².